The molecule has 3 nitrogen and oxygen atoms in total. The molecule has 3 aromatic rings. The van der Waals surface area contributed by atoms with Crippen LogP contribution in [0.3, 0.4) is 0 Å². The lowest BCUT2D eigenvalue weighted by molar-refractivity contribution is 0.537. The van der Waals surface area contributed by atoms with Gasteiger partial charge in [0, 0.05) is 41.0 Å². The minimum Gasteiger partial charge on any atom is -0.364 e. The van der Waals surface area contributed by atoms with E-state index in [2.05, 4.69) is 92.4 Å². The Morgan fingerprint density at radius 3 is 2.26 bits per heavy atom. The van der Waals surface area contributed by atoms with E-state index >= 15 is 0 Å². The van der Waals surface area contributed by atoms with Gasteiger partial charge in [0.25, 0.3) is 0 Å². The molecule has 0 unspecified atom stereocenters. The van der Waals surface area contributed by atoms with Gasteiger partial charge in [0.2, 0.25) is 0 Å². The fraction of sp³-hybridized carbons (Fsp3) is 0.292. The summed E-state index contributed by atoms with van der Waals surface area (Å²) >= 11 is 0. The minimum atomic E-state index is 0.272. The lowest BCUT2D eigenvalue weighted by atomic mass is 9.91. The van der Waals surface area contributed by atoms with Crippen LogP contribution in [0, 0.1) is 0 Å². The number of aromatic nitrogens is 2. The molecule has 0 saturated heterocycles. The maximum Gasteiger partial charge on any atom is 0.0931 e. The zero-order chi connectivity index (χ0) is 19.1. The van der Waals surface area contributed by atoms with Gasteiger partial charge in [-0.3, -0.25) is 4.68 Å². The molecule has 1 aromatic heterocycles. The van der Waals surface area contributed by atoms with Crippen LogP contribution in [0.4, 0.5) is 5.69 Å². The highest BCUT2D eigenvalue weighted by molar-refractivity contribution is 5.94. The Bertz CT molecular complexity index is 995. The van der Waals surface area contributed by atoms with Gasteiger partial charge in [-0.1, -0.05) is 49.0 Å². The normalized spacial score (nSPS) is 13.0. The van der Waals surface area contributed by atoms with E-state index in [1.807, 2.05) is 6.08 Å². The first-order valence-electron chi connectivity index (χ1n) is 9.72. The van der Waals surface area contributed by atoms with Gasteiger partial charge < -0.3 is 4.90 Å². The van der Waals surface area contributed by atoms with Crippen LogP contribution < -0.4 is 4.90 Å². The van der Waals surface area contributed by atoms with Crippen molar-refractivity contribution >= 4 is 11.8 Å². The number of fused-ring (bicyclic) bond motifs is 5. The van der Waals surface area contributed by atoms with E-state index in [0.29, 0.717) is 6.04 Å². The number of hydrogen-bond donors (Lipinski definition) is 0. The highest BCUT2D eigenvalue weighted by Gasteiger charge is 2.28. The van der Waals surface area contributed by atoms with E-state index in [-0.39, 0.29) is 6.04 Å². The summed E-state index contributed by atoms with van der Waals surface area (Å²) in [6.45, 7) is 13.8. The molecule has 27 heavy (non-hydrogen) atoms. The van der Waals surface area contributed by atoms with Gasteiger partial charge in [-0.2, -0.15) is 5.10 Å². The second-order valence-electron chi connectivity index (χ2n) is 7.75. The minimum absolute atomic E-state index is 0.272. The number of nitrogens with zero attached hydrogens (tertiary/aromatic N) is 3. The molecule has 3 heteroatoms. The number of hydrogen-bond acceptors (Lipinski definition) is 2. The van der Waals surface area contributed by atoms with Crippen LogP contribution in [-0.2, 0) is 6.54 Å². The topological polar surface area (TPSA) is 21.1 Å². The third kappa shape index (κ3) is 2.78. The Balaban J connectivity index is 2.16. The fourth-order valence-corrected chi connectivity index (χ4v) is 4.05. The lowest BCUT2D eigenvalue weighted by Gasteiger charge is -2.34. The monoisotopic (exact) mass is 357 g/mol. The van der Waals surface area contributed by atoms with Crippen molar-refractivity contribution in [1.29, 1.82) is 0 Å². The summed E-state index contributed by atoms with van der Waals surface area (Å²) in [5, 5.41) is 4.94. The highest BCUT2D eigenvalue weighted by Crippen LogP contribution is 2.45. The van der Waals surface area contributed by atoms with Crippen molar-refractivity contribution in [3.63, 3.8) is 0 Å². The van der Waals surface area contributed by atoms with E-state index in [4.69, 9.17) is 5.10 Å². The predicted molar refractivity (Wildman–Crippen MR) is 115 cm³/mol. The second kappa shape index (κ2) is 6.73. The zero-order valence-corrected chi connectivity index (χ0v) is 16.6. The van der Waals surface area contributed by atoms with Crippen molar-refractivity contribution in [2.75, 3.05) is 4.90 Å². The van der Waals surface area contributed by atoms with Crippen molar-refractivity contribution in [3.8, 4) is 22.4 Å². The fourth-order valence-electron chi connectivity index (χ4n) is 4.05. The molecule has 2 heterocycles. The summed E-state index contributed by atoms with van der Waals surface area (Å²) in [6.07, 6.45) is 1.89. The molecule has 0 radical (unpaired) electrons. The number of rotatable bonds is 3. The summed E-state index contributed by atoms with van der Waals surface area (Å²) in [4.78, 5) is 2.48. The van der Waals surface area contributed by atoms with Crippen molar-refractivity contribution in [2.45, 2.75) is 46.3 Å². The summed E-state index contributed by atoms with van der Waals surface area (Å²) in [5.74, 6) is 0. The van der Waals surface area contributed by atoms with Gasteiger partial charge in [0.1, 0.15) is 0 Å². The predicted octanol–water partition coefficient (Wildman–Crippen LogP) is 6.17. The van der Waals surface area contributed by atoms with Crippen molar-refractivity contribution in [2.24, 2.45) is 0 Å². The summed E-state index contributed by atoms with van der Waals surface area (Å²) < 4.78 is 2.16. The molecular formula is C24H27N3. The first kappa shape index (κ1) is 17.6. The number of anilines is 1. The largest absolute Gasteiger partial charge is 0.364 e. The molecule has 0 saturated carbocycles. The molecule has 138 valence electrons. The Morgan fingerprint density at radius 1 is 0.926 bits per heavy atom. The number of para-hydroxylation sites is 1. The summed E-state index contributed by atoms with van der Waals surface area (Å²) in [6, 6.07) is 18.1. The zero-order valence-electron chi connectivity index (χ0n) is 16.6. The smallest absolute Gasteiger partial charge is 0.0931 e. The molecule has 1 aliphatic heterocycles. The van der Waals surface area contributed by atoms with Crippen LogP contribution in [-0.4, -0.2) is 15.8 Å². The van der Waals surface area contributed by atoms with Crippen LogP contribution in [0.5, 0.6) is 0 Å². The molecular weight excluding hydrogens is 330 g/mol. The van der Waals surface area contributed by atoms with Gasteiger partial charge in [0.15, 0.2) is 0 Å². The van der Waals surface area contributed by atoms with E-state index in [9.17, 15) is 0 Å². The van der Waals surface area contributed by atoms with Gasteiger partial charge in [0.05, 0.1) is 11.4 Å². The van der Waals surface area contributed by atoms with Crippen LogP contribution in [0.15, 0.2) is 55.1 Å². The molecule has 2 aromatic carbocycles. The van der Waals surface area contributed by atoms with Gasteiger partial charge in [-0.25, -0.2) is 0 Å². The van der Waals surface area contributed by atoms with Crippen LogP contribution >= 0.6 is 0 Å². The average molecular weight is 358 g/mol. The van der Waals surface area contributed by atoms with E-state index in [1.165, 1.54) is 33.6 Å². The maximum absolute atomic E-state index is 4.94. The first-order chi connectivity index (χ1) is 13.0. The Labute approximate surface area is 162 Å². The second-order valence-corrected chi connectivity index (χ2v) is 7.75. The Morgan fingerprint density at radius 2 is 1.59 bits per heavy atom. The summed E-state index contributed by atoms with van der Waals surface area (Å²) in [5.41, 5.74) is 8.43. The van der Waals surface area contributed by atoms with E-state index in [0.717, 1.165) is 12.2 Å². The molecule has 0 bridgehead atoms. The van der Waals surface area contributed by atoms with Crippen LogP contribution in [0.25, 0.3) is 28.5 Å². The molecule has 0 N–H and O–H groups in total. The lowest BCUT2D eigenvalue weighted by Crippen LogP contribution is -2.31. The highest BCUT2D eigenvalue weighted by atomic mass is 15.3. The van der Waals surface area contributed by atoms with Crippen LogP contribution in [0.1, 0.15) is 45.0 Å². The summed E-state index contributed by atoms with van der Waals surface area (Å²) in [7, 11) is 0. The SMILES string of the molecule is C=Cc1nn(C(C)C)c2c1-c1ccccc1N(C(C)C)Cc1ccccc1-2. The standard InChI is InChI=1S/C24H27N3/c1-6-21-23-20-13-9-10-14-22(20)26(16(2)3)15-18-11-7-8-12-19(18)24(23)27(25-21)17(4)5/h6-14,16-17H,1,15H2,2-5H3. The van der Waals surface area contributed by atoms with Crippen LogP contribution in [0.2, 0.25) is 0 Å². The first-order valence-corrected chi connectivity index (χ1v) is 9.72. The number of benzene rings is 2. The molecule has 4 rings (SSSR count). The van der Waals surface area contributed by atoms with Crippen molar-refractivity contribution < 1.29 is 0 Å². The van der Waals surface area contributed by atoms with Gasteiger partial charge in [-0.05, 0) is 45.4 Å². The molecule has 0 amide bonds. The molecule has 0 spiro atoms. The molecule has 0 atom stereocenters. The molecule has 1 aliphatic rings. The maximum atomic E-state index is 4.94. The molecule has 0 fully saturated rings. The Hall–Kier alpha value is -2.81. The van der Waals surface area contributed by atoms with Gasteiger partial charge >= 0.3 is 0 Å². The van der Waals surface area contributed by atoms with Crippen molar-refractivity contribution in [1.82, 2.24) is 9.78 Å². The average Bonchev–Trinajstić information content (AvgIpc) is 3.04. The third-order valence-electron chi connectivity index (χ3n) is 5.34. The quantitative estimate of drug-likeness (QED) is 0.559. The molecule has 0 aliphatic carbocycles. The Kier molecular flexibility index (Phi) is 4.39. The van der Waals surface area contributed by atoms with Gasteiger partial charge in [-0.15, -0.1) is 0 Å². The van der Waals surface area contributed by atoms with E-state index in [1.54, 1.807) is 0 Å². The van der Waals surface area contributed by atoms with Crippen molar-refractivity contribution in [3.05, 3.63) is 66.4 Å². The van der Waals surface area contributed by atoms with E-state index < -0.39 is 0 Å². The third-order valence-corrected chi connectivity index (χ3v) is 5.34.